The highest BCUT2D eigenvalue weighted by Crippen LogP contribution is 2.42. The minimum atomic E-state index is -4.20. The standard InChI is InChI=1S/C14H16FN5O4S/c15-12-8-2-5-19(14-16-3-1-4-17-14)9(8)6-10(21)13(12)20-7-11(22)18-25(20,23)24/h6,21H,1-5,7H2,(H,16,17)(H,18,22). The number of phenols is 1. The molecule has 134 valence electrons. The molecule has 3 N–H and O–H groups in total. The highest BCUT2D eigenvalue weighted by molar-refractivity contribution is 7.92. The molecule has 0 atom stereocenters. The molecule has 1 amide bonds. The summed E-state index contributed by atoms with van der Waals surface area (Å²) >= 11 is 0. The summed E-state index contributed by atoms with van der Waals surface area (Å²) in [4.78, 5) is 17.5. The molecule has 0 unspecified atom stereocenters. The van der Waals surface area contributed by atoms with Crippen molar-refractivity contribution in [1.82, 2.24) is 10.0 Å². The number of halogens is 1. The second-order valence-electron chi connectivity index (χ2n) is 5.98. The molecule has 0 radical (unpaired) electrons. The lowest BCUT2D eigenvalue weighted by atomic mass is 10.1. The number of aliphatic imine (C=N–C) groups is 1. The first kappa shape index (κ1) is 15.9. The van der Waals surface area contributed by atoms with Gasteiger partial charge in [-0.2, -0.15) is 8.42 Å². The Hall–Kier alpha value is -2.56. The number of aromatic hydroxyl groups is 1. The molecule has 0 aromatic heterocycles. The molecular formula is C14H16FN5O4S. The number of benzene rings is 1. The largest absolute Gasteiger partial charge is 0.506 e. The molecule has 3 aliphatic rings. The van der Waals surface area contributed by atoms with E-state index in [0.717, 1.165) is 13.0 Å². The molecule has 9 nitrogen and oxygen atoms in total. The van der Waals surface area contributed by atoms with Crippen molar-refractivity contribution in [3.63, 3.8) is 0 Å². The number of carbonyl (C=O) groups is 1. The number of hydrogen-bond donors (Lipinski definition) is 3. The Bertz CT molecular complexity index is 901. The van der Waals surface area contributed by atoms with Crippen LogP contribution < -0.4 is 19.2 Å². The highest BCUT2D eigenvalue weighted by Gasteiger charge is 2.40. The van der Waals surface area contributed by atoms with Crippen LogP contribution in [0, 0.1) is 5.82 Å². The Morgan fingerprint density at radius 3 is 2.80 bits per heavy atom. The summed E-state index contributed by atoms with van der Waals surface area (Å²) in [7, 11) is -4.20. The maximum Gasteiger partial charge on any atom is 0.326 e. The average Bonchev–Trinajstić information content (AvgIpc) is 3.09. The van der Waals surface area contributed by atoms with Gasteiger partial charge in [0.05, 0.1) is 5.69 Å². The van der Waals surface area contributed by atoms with Crippen LogP contribution in [0.2, 0.25) is 0 Å². The predicted molar refractivity (Wildman–Crippen MR) is 88.4 cm³/mol. The van der Waals surface area contributed by atoms with Crippen molar-refractivity contribution >= 4 is 33.5 Å². The number of amides is 1. The summed E-state index contributed by atoms with van der Waals surface area (Å²) in [5, 5.41) is 13.4. The molecule has 1 fully saturated rings. The van der Waals surface area contributed by atoms with E-state index in [1.165, 1.54) is 6.07 Å². The third-order valence-corrected chi connectivity index (χ3v) is 5.76. The zero-order valence-electron chi connectivity index (χ0n) is 13.1. The fraction of sp³-hybridized carbons (Fsp3) is 0.429. The number of carbonyl (C=O) groups excluding carboxylic acids is 1. The highest BCUT2D eigenvalue weighted by atomic mass is 32.2. The third-order valence-electron chi connectivity index (χ3n) is 4.38. The van der Waals surface area contributed by atoms with E-state index in [1.54, 1.807) is 9.62 Å². The van der Waals surface area contributed by atoms with Crippen LogP contribution in [0.5, 0.6) is 5.75 Å². The number of phenolic OH excluding ortho intramolecular Hbond substituents is 1. The molecule has 4 rings (SSSR count). The maximum atomic E-state index is 15.0. The zero-order chi connectivity index (χ0) is 17.8. The average molecular weight is 369 g/mol. The number of hydrogen-bond acceptors (Lipinski definition) is 7. The molecule has 1 aromatic carbocycles. The molecule has 3 aliphatic heterocycles. The van der Waals surface area contributed by atoms with Gasteiger partial charge in [-0.05, 0) is 12.8 Å². The first-order valence-corrected chi connectivity index (χ1v) is 9.26. The minimum Gasteiger partial charge on any atom is -0.506 e. The molecule has 1 aromatic rings. The SMILES string of the molecule is O=C1CN(c2c(O)cc3c(c2F)CCN3C2=NCCCN2)S(=O)(=O)N1. The van der Waals surface area contributed by atoms with E-state index in [4.69, 9.17) is 0 Å². The van der Waals surface area contributed by atoms with E-state index < -0.39 is 39.9 Å². The van der Waals surface area contributed by atoms with Gasteiger partial charge in [0.25, 0.3) is 5.91 Å². The van der Waals surface area contributed by atoms with Gasteiger partial charge in [0.15, 0.2) is 11.8 Å². The second-order valence-corrected chi connectivity index (χ2v) is 7.58. The van der Waals surface area contributed by atoms with Gasteiger partial charge in [-0.25, -0.2) is 13.4 Å². The lowest BCUT2D eigenvalue weighted by molar-refractivity contribution is -0.117. The van der Waals surface area contributed by atoms with Crippen molar-refractivity contribution < 1.29 is 22.7 Å². The summed E-state index contributed by atoms with van der Waals surface area (Å²) in [5.74, 6) is -1.54. The monoisotopic (exact) mass is 369 g/mol. The Balaban J connectivity index is 1.79. The normalized spacial score (nSPS) is 21.6. The van der Waals surface area contributed by atoms with Gasteiger partial charge in [-0.3, -0.25) is 9.79 Å². The van der Waals surface area contributed by atoms with Crippen LogP contribution in [-0.2, 0) is 21.4 Å². The minimum absolute atomic E-state index is 0.289. The summed E-state index contributed by atoms with van der Waals surface area (Å²) in [6.45, 7) is 1.33. The summed E-state index contributed by atoms with van der Waals surface area (Å²) in [6.07, 6.45) is 1.25. The molecular weight excluding hydrogens is 353 g/mol. The number of nitrogens with zero attached hydrogens (tertiary/aromatic N) is 3. The van der Waals surface area contributed by atoms with Crippen molar-refractivity contribution in [3.05, 3.63) is 17.4 Å². The first-order valence-electron chi connectivity index (χ1n) is 7.82. The molecule has 0 spiro atoms. The molecule has 3 heterocycles. The van der Waals surface area contributed by atoms with Crippen molar-refractivity contribution in [2.45, 2.75) is 12.8 Å². The van der Waals surface area contributed by atoms with Crippen LogP contribution >= 0.6 is 0 Å². The van der Waals surface area contributed by atoms with E-state index in [0.29, 0.717) is 35.5 Å². The molecule has 11 heteroatoms. The molecule has 25 heavy (non-hydrogen) atoms. The third kappa shape index (κ3) is 2.46. The number of anilines is 2. The van der Waals surface area contributed by atoms with Gasteiger partial charge in [0.2, 0.25) is 0 Å². The Morgan fingerprint density at radius 1 is 1.36 bits per heavy atom. The van der Waals surface area contributed by atoms with Crippen LogP contribution in [0.15, 0.2) is 11.1 Å². The van der Waals surface area contributed by atoms with Gasteiger partial charge >= 0.3 is 10.2 Å². The zero-order valence-corrected chi connectivity index (χ0v) is 13.9. The molecule has 1 saturated heterocycles. The summed E-state index contributed by atoms with van der Waals surface area (Å²) < 4.78 is 41.3. The predicted octanol–water partition coefficient (Wildman–Crippen LogP) is -0.576. The Kier molecular flexibility index (Phi) is 3.49. The van der Waals surface area contributed by atoms with Gasteiger partial charge in [-0.15, -0.1) is 0 Å². The van der Waals surface area contributed by atoms with E-state index in [9.17, 15) is 18.3 Å². The van der Waals surface area contributed by atoms with Crippen LogP contribution in [0.1, 0.15) is 12.0 Å². The summed E-state index contributed by atoms with van der Waals surface area (Å²) in [6, 6.07) is 1.32. The number of guanidine groups is 1. The smallest absolute Gasteiger partial charge is 0.326 e. The van der Waals surface area contributed by atoms with E-state index in [-0.39, 0.29) is 5.56 Å². The number of nitrogens with one attached hydrogen (secondary N) is 2. The molecule has 0 bridgehead atoms. The maximum absolute atomic E-state index is 15.0. The lowest BCUT2D eigenvalue weighted by Crippen LogP contribution is -2.43. The Labute approximate surface area is 143 Å². The van der Waals surface area contributed by atoms with Crippen LogP contribution in [-0.4, -0.2) is 51.6 Å². The van der Waals surface area contributed by atoms with Crippen LogP contribution in [0.25, 0.3) is 0 Å². The van der Waals surface area contributed by atoms with E-state index in [1.807, 2.05) is 0 Å². The Morgan fingerprint density at radius 2 is 2.16 bits per heavy atom. The van der Waals surface area contributed by atoms with E-state index in [2.05, 4.69) is 10.3 Å². The molecule has 0 saturated carbocycles. The van der Waals surface area contributed by atoms with Crippen molar-refractivity contribution in [3.8, 4) is 5.75 Å². The fourth-order valence-electron chi connectivity index (χ4n) is 3.28. The lowest BCUT2D eigenvalue weighted by Gasteiger charge is -2.26. The van der Waals surface area contributed by atoms with Gasteiger partial charge in [-0.1, -0.05) is 0 Å². The number of rotatable bonds is 1. The fourth-order valence-corrected chi connectivity index (χ4v) is 4.44. The second kappa shape index (κ2) is 5.48. The molecule has 0 aliphatic carbocycles. The van der Waals surface area contributed by atoms with Crippen LogP contribution in [0.3, 0.4) is 0 Å². The van der Waals surface area contributed by atoms with Gasteiger partial charge < -0.3 is 15.3 Å². The van der Waals surface area contributed by atoms with Crippen molar-refractivity contribution in [1.29, 1.82) is 0 Å². The summed E-state index contributed by atoms with van der Waals surface area (Å²) in [5.41, 5.74) is 0.234. The van der Waals surface area contributed by atoms with Crippen molar-refractivity contribution in [2.24, 2.45) is 4.99 Å². The topological polar surface area (TPSA) is 114 Å². The van der Waals surface area contributed by atoms with E-state index >= 15 is 4.39 Å². The quantitative estimate of drug-likeness (QED) is 0.611. The first-order chi connectivity index (χ1) is 11.9. The van der Waals surface area contributed by atoms with Crippen LogP contribution in [0.4, 0.5) is 15.8 Å². The van der Waals surface area contributed by atoms with Crippen molar-refractivity contribution in [2.75, 3.05) is 35.4 Å². The number of fused-ring (bicyclic) bond motifs is 1. The van der Waals surface area contributed by atoms with Gasteiger partial charge in [0.1, 0.15) is 18.0 Å². The van der Waals surface area contributed by atoms with Gasteiger partial charge in [0, 0.05) is 31.3 Å².